The molecule has 0 bridgehead atoms. The molecule has 1 aromatic carbocycles. The molecule has 1 aromatic heterocycles. The van der Waals surface area contributed by atoms with Crippen LogP contribution in [-0.2, 0) is 14.8 Å². The largest absolute Gasteiger partial charge is 0.353 e. The van der Waals surface area contributed by atoms with Gasteiger partial charge in [-0.05, 0) is 57.7 Å². The summed E-state index contributed by atoms with van der Waals surface area (Å²) in [5.74, 6) is -0.291. The van der Waals surface area contributed by atoms with E-state index in [1.807, 2.05) is 13.8 Å². The summed E-state index contributed by atoms with van der Waals surface area (Å²) in [7, 11) is -3.70. The second-order valence-corrected chi connectivity index (χ2v) is 11.5. The number of benzene rings is 1. The third kappa shape index (κ3) is 4.98. The molecular weight excluding hydrogens is 426 g/mol. The van der Waals surface area contributed by atoms with Crippen molar-refractivity contribution in [1.82, 2.24) is 24.6 Å². The number of hydrogen-bond donors (Lipinski definition) is 1. The molecule has 0 spiro atoms. The molecule has 2 aliphatic rings. The summed E-state index contributed by atoms with van der Waals surface area (Å²) in [5.41, 5.74) is 1.38. The van der Waals surface area contributed by atoms with Gasteiger partial charge in [0, 0.05) is 25.2 Å². The van der Waals surface area contributed by atoms with Gasteiger partial charge in [-0.25, -0.2) is 13.1 Å². The number of hydrogen-bond acceptors (Lipinski definition) is 5. The summed E-state index contributed by atoms with van der Waals surface area (Å²) in [6.07, 6.45) is 9.53. The SMILES string of the molecule is CC(C)n1nnc2cc(S(=O)(=O)N3CCC[C@H](C(=O)NC4CCCCCCC4)C3)ccc21. The lowest BCUT2D eigenvalue weighted by Crippen LogP contribution is -2.47. The monoisotopic (exact) mass is 461 g/mol. The lowest BCUT2D eigenvalue weighted by Gasteiger charge is -2.32. The molecule has 0 radical (unpaired) electrons. The molecule has 1 amide bonds. The normalized spacial score (nSPS) is 22.0. The first-order chi connectivity index (χ1) is 15.4. The Kier molecular flexibility index (Phi) is 7.14. The van der Waals surface area contributed by atoms with Crippen molar-refractivity contribution in [3.8, 4) is 0 Å². The van der Waals surface area contributed by atoms with Gasteiger partial charge in [0.15, 0.2) is 0 Å². The number of sulfonamides is 1. The highest BCUT2D eigenvalue weighted by atomic mass is 32.2. The van der Waals surface area contributed by atoms with Gasteiger partial charge in [-0.15, -0.1) is 5.10 Å². The molecule has 2 heterocycles. The summed E-state index contributed by atoms with van der Waals surface area (Å²) in [4.78, 5) is 13.2. The van der Waals surface area contributed by atoms with Crippen LogP contribution in [0.4, 0.5) is 0 Å². The fraction of sp³-hybridized carbons (Fsp3) is 0.696. The van der Waals surface area contributed by atoms with Gasteiger partial charge in [-0.2, -0.15) is 4.31 Å². The van der Waals surface area contributed by atoms with Gasteiger partial charge < -0.3 is 5.32 Å². The van der Waals surface area contributed by atoms with Gasteiger partial charge in [-0.3, -0.25) is 4.79 Å². The highest BCUT2D eigenvalue weighted by molar-refractivity contribution is 7.89. The highest BCUT2D eigenvalue weighted by Gasteiger charge is 2.34. The number of amides is 1. The van der Waals surface area contributed by atoms with Gasteiger partial charge in [0.2, 0.25) is 15.9 Å². The van der Waals surface area contributed by atoms with E-state index in [1.165, 1.54) is 23.6 Å². The molecule has 1 aliphatic heterocycles. The number of rotatable bonds is 5. The minimum atomic E-state index is -3.70. The van der Waals surface area contributed by atoms with Gasteiger partial charge >= 0.3 is 0 Å². The summed E-state index contributed by atoms with van der Waals surface area (Å²) < 4.78 is 30.0. The molecule has 32 heavy (non-hydrogen) atoms. The van der Waals surface area contributed by atoms with Crippen LogP contribution in [0.15, 0.2) is 23.1 Å². The van der Waals surface area contributed by atoms with Crippen LogP contribution in [0.25, 0.3) is 11.0 Å². The van der Waals surface area contributed by atoms with Crippen LogP contribution in [0.3, 0.4) is 0 Å². The first-order valence-corrected chi connectivity index (χ1v) is 13.5. The third-order valence-electron chi connectivity index (χ3n) is 6.78. The quantitative estimate of drug-likeness (QED) is 0.733. The number of nitrogens with zero attached hydrogens (tertiary/aromatic N) is 4. The van der Waals surface area contributed by atoms with E-state index in [2.05, 4.69) is 15.6 Å². The van der Waals surface area contributed by atoms with Gasteiger partial charge in [0.1, 0.15) is 5.52 Å². The lowest BCUT2D eigenvalue weighted by molar-refractivity contribution is -0.126. The Bertz CT molecular complexity index is 1040. The molecule has 2 fully saturated rings. The van der Waals surface area contributed by atoms with Crippen LogP contribution in [0, 0.1) is 5.92 Å². The lowest BCUT2D eigenvalue weighted by atomic mass is 9.94. The molecule has 8 nitrogen and oxygen atoms in total. The first-order valence-electron chi connectivity index (χ1n) is 12.0. The van der Waals surface area contributed by atoms with Crippen molar-refractivity contribution < 1.29 is 13.2 Å². The van der Waals surface area contributed by atoms with E-state index in [-0.39, 0.29) is 35.3 Å². The second-order valence-electron chi connectivity index (χ2n) is 9.53. The van der Waals surface area contributed by atoms with Crippen molar-refractivity contribution in [2.75, 3.05) is 13.1 Å². The van der Waals surface area contributed by atoms with Crippen molar-refractivity contribution in [3.05, 3.63) is 18.2 Å². The maximum absolute atomic E-state index is 13.4. The van der Waals surface area contributed by atoms with E-state index in [4.69, 9.17) is 0 Å². The highest BCUT2D eigenvalue weighted by Crippen LogP contribution is 2.27. The maximum Gasteiger partial charge on any atom is 0.243 e. The standard InChI is InChI=1S/C23H35N5O3S/c1-17(2)28-22-13-12-20(15-21(22)25-26-28)32(30,31)27-14-8-9-18(16-27)23(29)24-19-10-6-4-3-5-7-11-19/h12-13,15,17-19H,3-11,14,16H2,1-2H3,(H,24,29)/t18-/m0/s1. The predicted octanol–water partition coefficient (Wildman–Crippen LogP) is 3.64. The van der Waals surface area contributed by atoms with E-state index >= 15 is 0 Å². The zero-order valence-corrected chi connectivity index (χ0v) is 20.0. The molecule has 1 saturated carbocycles. The number of carbonyl (C=O) groups excluding carboxylic acids is 1. The second kappa shape index (κ2) is 9.87. The molecule has 4 rings (SSSR count). The smallest absolute Gasteiger partial charge is 0.243 e. The molecule has 1 saturated heterocycles. The molecule has 0 unspecified atom stereocenters. The molecule has 176 valence electrons. The van der Waals surface area contributed by atoms with Crippen LogP contribution in [-0.4, -0.2) is 52.8 Å². The number of piperidine rings is 1. The summed E-state index contributed by atoms with van der Waals surface area (Å²) >= 11 is 0. The summed E-state index contributed by atoms with van der Waals surface area (Å²) in [5, 5.41) is 11.5. The molecule has 1 atom stereocenters. The summed E-state index contributed by atoms with van der Waals surface area (Å²) in [6.45, 7) is 4.69. The van der Waals surface area contributed by atoms with E-state index in [1.54, 1.807) is 22.9 Å². The van der Waals surface area contributed by atoms with Crippen LogP contribution >= 0.6 is 0 Å². The van der Waals surface area contributed by atoms with Crippen molar-refractivity contribution in [1.29, 1.82) is 0 Å². The minimum absolute atomic E-state index is 0.00537. The first kappa shape index (κ1) is 23.2. The molecular formula is C23H35N5O3S. The van der Waals surface area contributed by atoms with E-state index in [0.717, 1.165) is 37.6 Å². The Morgan fingerprint density at radius 1 is 1.06 bits per heavy atom. The topological polar surface area (TPSA) is 97.2 Å². The number of carbonyl (C=O) groups is 1. The van der Waals surface area contributed by atoms with Gasteiger partial charge in [0.05, 0.1) is 16.3 Å². The fourth-order valence-corrected chi connectivity index (χ4v) is 6.45. The minimum Gasteiger partial charge on any atom is -0.353 e. The van der Waals surface area contributed by atoms with Crippen LogP contribution in [0.5, 0.6) is 0 Å². The fourth-order valence-electron chi connectivity index (χ4n) is 4.91. The zero-order chi connectivity index (χ0) is 22.7. The average molecular weight is 462 g/mol. The zero-order valence-electron chi connectivity index (χ0n) is 19.2. The predicted molar refractivity (Wildman–Crippen MR) is 124 cm³/mol. The van der Waals surface area contributed by atoms with E-state index in [9.17, 15) is 13.2 Å². The molecule has 2 aromatic rings. The van der Waals surface area contributed by atoms with Crippen molar-refractivity contribution in [3.63, 3.8) is 0 Å². The van der Waals surface area contributed by atoms with E-state index < -0.39 is 10.0 Å². The number of nitrogens with one attached hydrogen (secondary N) is 1. The van der Waals surface area contributed by atoms with E-state index in [0.29, 0.717) is 18.5 Å². The molecule has 1 aliphatic carbocycles. The average Bonchev–Trinajstić information content (AvgIpc) is 3.19. The third-order valence-corrected chi connectivity index (χ3v) is 8.64. The Labute approximate surface area is 190 Å². The molecule has 9 heteroatoms. The maximum atomic E-state index is 13.4. The van der Waals surface area contributed by atoms with Crippen molar-refractivity contribution >= 4 is 27.0 Å². The summed E-state index contributed by atoms with van der Waals surface area (Å²) in [6, 6.07) is 5.35. The molecule has 1 N–H and O–H groups in total. The van der Waals surface area contributed by atoms with Crippen molar-refractivity contribution in [2.45, 2.75) is 88.6 Å². The van der Waals surface area contributed by atoms with Crippen LogP contribution in [0.1, 0.15) is 77.7 Å². The number of aromatic nitrogens is 3. The van der Waals surface area contributed by atoms with Crippen molar-refractivity contribution in [2.24, 2.45) is 5.92 Å². The Morgan fingerprint density at radius 3 is 2.50 bits per heavy atom. The Morgan fingerprint density at radius 2 is 1.78 bits per heavy atom. The Hall–Kier alpha value is -2.00. The van der Waals surface area contributed by atoms with Crippen LogP contribution in [0.2, 0.25) is 0 Å². The van der Waals surface area contributed by atoms with Gasteiger partial charge in [0.25, 0.3) is 0 Å². The Balaban J connectivity index is 1.45. The van der Waals surface area contributed by atoms with Crippen LogP contribution < -0.4 is 5.32 Å². The van der Waals surface area contributed by atoms with Gasteiger partial charge in [-0.1, -0.05) is 37.3 Å². The number of fused-ring (bicyclic) bond motifs is 1.